The Morgan fingerprint density at radius 3 is 2.64 bits per heavy atom. The molecule has 2 N–H and O–H groups in total. The van der Waals surface area contributed by atoms with Crippen LogP contribution in [0.1, 0.15) is 10.5 Å². The molecule has 0 atom stereocenters. The van der Waals surface area contributed by atoms with Crippen LogP contribution in [0.25, 0.3) is 10.8 Å². The number of carbonyl (C=O) groups excluding carboxylic acids is 1. The number of nitrogens with zero attached hydrogens (tertiary/aromatic N) is 2. The Labute approximate surface area is 162 Å². The molecule has 1 fully saturated rings. The largest absolute Gasteiger partial charge is 0.487 e. The quantitative estimate of drug-likeness (QED) is 0.670. The summed E-state index contributed by atoms with van der Waals surface area (Å²) in [5.41, 5.74) is -0.0284. The van der Waals surface area contributed by atoms with Gasteiger partial charge in [-0.2, -0.15) is 5.10 Å². The summed E-state index contributed by atoms with van der Waals surface area (Å²) in [6.07, 6.45) is 0. The molecule has 1 aromatic heterocycles. The molecule has 1 aliphatic heterocycles. The van der Waals surface area contributed by atoms with Crippen LogP contribution in [0, 0.1) is 0 Å². The Kier molecular flexibility index (Phi) is 5.34. The number of piperazine rings is 1. The van der Waals surface area contributed by atoms with Gasteiger partial charge in [-0.25, -0.2) is 5.10 Å². The molecule has 4 rings (SSSR count). The third kappa shape index (κ3) is 4.04. The van der Waals surface area contributed by atoms with Gasteiger partial charge in [-0.05, 0) is 17.5 Å². The van der Waals surface area contributed by atoms with Gasteiger partial charge in [0, 0.05) is 11.5 Å². The molecular weight excluding hydrogens is 356 g/mol. The summed E-state index contributed by atoms with van der Waals surface area (Å²) in [5, 5.41) is 8.44. The highest BCUT2D eigenvalue weighted by molar-refractivity contribution is 5.92. The monoisotopic (exact) mass is 379 g/mol. The van der Waals surface area contributed by atoms with Crippen LogP contribution in [-0.4, -0.2) is 60.3 Å². The molecule has 2 heterocycles. The molecule has 2 aromatic carbocycles. The van der Waals surface area contributed by atoms with Gasteiger partial charge in [-0.15, -0.1) is 0 Å². The number of nitrogens with one attached hydrogen (secondary N) is 2. The second-order valence-electron chi connectivity index (χ2n) is 6.92. The van der Waals surface area contributed by atoms with Crippen LogP contribution >= 0.6 is 0 Å². The van der Waals surface area contributed by atoms with Gasteiger partial charge in [0.1, 0.15) is 24.6 Å². The summed E-state index contributed by atoms with van der Waals surface area (Å²) < 4.78 is 6.03. The molecule has 3 aromatic rings. The van der Waals surface area contributed by atoms with Gasteiger partial charge < -0.3 is 14.5 Å². The SMILES string of the molecule is O=C(c1ccc(=O)[nH]n1)N1CC[NH+](CCOc2cccc3ccccc23)CC1. The Hall–Kier alpha value is -3.19. The van der Waals surface area contributed by atoms with Crippen molar-refractivity contribution >= 4 is 16.7 Å². The van der Waals surface area contributed by atoms with Crippen molar-refractivity contribution in [2.75, 3.05) is 39.3 Å². The lowest BCUT2D eigenvalue weighted by atomic mass is 10.1. The number of ether oxygens (including phenoxy) is 1. The van der Waals surface area contributed by atoms with Crippen LogP contribution in [0.3, 0.4) is 0 Å². The molecule has 144 valence electrons. The standard InChI is InChI=1S/C21H22N4O3/c26-20-9-8-18(22-23-20)21(27)25-12-10-24(11-13-25)14-15-28-19-7-3-5-16-4-1-2-6-17(16)19/h1-9H,10-15H2,(H,23,26)/p+1. The normalized spacial score (nSPS) is 14.9. The van der Waals surface area contributed by atoms with Crippen molar-refractivity contribution in [2.24, 2.45) is 0 Å². The number of hydrogen-bond acceptors (Lipinski definition) is 4. The zero-order chi connectivity index (χ0) is 19.3. The summed E-state index contributed by atoms with van der Waals surface area (Å²) in [6, 6.07) is 17.1. The lowest BCUT2D eigenvalue weighted by Gasteiger charge is -2.31. The molecule has 7 nitrogen and oxygen atoms in total. The van der Waals surface area contributed by atoms with E-state index in [1.165, 1.54) is 22.4 Å². The number of amides is 1. The molecule has 0 spiro atoms. The van der Waals surface area contributed by atoms with E-state index in [2.05, 4.69) is 28.4 Å². The Morgan fingerprint density at radius 1 is 1.07 bits per heavy atom. The van der Waals surface area contributed by atoms with Gasteiger partial charge in [-0.3, -0.25) is 9.59 Å². The highest BCUT2D eigenvalue weighted by atomic mass is 16.5. The minimum absolute atomic E-state index is 0.137. The number of H-pyrrole nitrogens is 1. The van der Waals surface area contributed by atoms with Crippen LogP contribution in [0.4, 0.5) is 0 Å². The lowest BCUT2D eigenvalue weighted by Crippen LogP contribution is -3.15. The fraction of sp³-hybridized carbons (Fsp3) is 0.286. The first-order valence-electron chi connectivity index (χ1n) is 9.50. The molecule has 0 bridgehead atoms. The van der Waals surface area contributed by atoms with Gasteiger partial charge in [0.15, 0.2) is 0 Å². The first-order valence-corrected chi connectivity index (χ1v) is 9.50. The number of hydrogen-bond donors (Lipinski definition) is 2. The first-order chi connectivity index (χ1) is 13.7. The zero-order valence-electron chi connectivity index (χ0n) is 15.6. The smallest absolute Gasteiger partial charge is 0.274 e. The van der Waals surface area contributed by atoms with Gasteiger partial charge in [-0.1, -0.05) is 36.4 Å². The summed E-state index contributed by atoms with van der Waals surface area (Å²) >= 11 is 0. The van der Waals surface area contributed by atoms with Gasteiger partial charge in [0.05, 0.1) is 26.2 Å². The highest BCUT2D eigenvalue weighted by Gasteiger charge is 2.25. The van der Waals surface area contributed by atoms with Crippen LogP contribution in [0.2, 0.25) is 0 Å². The van der Waals surface area contributed by atoms with Crippen molar-refractivity contribution in [3.63, 3.8) is 0 Å². The maximum Gasteiger partial charge on any atom is 0.274 e. The van der Waals surface area contributed by atoms with Gasteiger partial charge >= 0.3 is 0 Å². The Morgan fingerprint density at radius 2 is 1.86 bits per heavy atom. The minimum Gasteiger partial charge on any atom is -0.487 e. The molecule has 0 saturated carbocycles. The van der Waals surface area contributed by atoms with Crippen molar-refractivity contribution in [1.82, 2.24) is 15.1 Å². The number of rotatable bonds is 5. The Bertz CT molecular complexity index is 1000. The number of aromatic amines is 1. The average molecular weight is 379 g/mol. The topological polar surface area (TPSA) is 79.7 Å². The maximum absolute atomic E-state index is 12.4. The molecule has 7 heteroatoms. The van der Waals surface area contributed by atoms with Gasteiger partial charge in [0.2, 0.25) is 0 Å². The molecule has 1 amide bonds. The molecule has 0 aliphatic carbocycles. The van der Waals surface area contributed by atoms with E-state index < -0.39 is 0 Å². The number of fused-ring (bicyclic) bond motifs is 1. The van der Waals surface area contributed by atoms with E-state index in [1.807, 2.05) is 24.3 Å². The third-order valence-electron chi connectivity index (χ3n) is 5.12. The van der Waals surface area contributed by atoms with E-state index in [4.69, 9.17) is 4.74 Å². The van der Waals surface area contributed by atoms with Crippen LogP contribution in [0.5, 0.6) is 5.75 Å². The zero-order valence-corrected chi connectivity index (χ0v) is 15.6. The first kappa shape index (κ1) is 18.2. The van der Waals surface area contributed by atoms with E-state index in [0.717, 1.165) is 30.8 Å². The summed E-state index contributed by atoms with van der Waals surface area (Å²) in [6.45, 7) is 4.61. The number of aromatic nitrogens is 2. The molecule has 0 unspecified atom stereocenters. The fourth-order valence-electron chi connectivity index (χ4n) is 3.53. The van der Waals surface area contributed by atoms with E-state index in [9.17, 15) is 9.59 Å². The number of carbonyl (C=O) groups is 1. The lowest BCUT2D eigenvalue weighted by molar-refractivity contribution is -0.903. The number of benzene rings is 2. The van der Waals surface area contributed by atoms with E-state index in [0.29, 0.717) is 19.7 Å². The summed E-state index contributed by atoms with van der Waals surface area (Å²) in [5.74, 6) is 0.776. The average Bonchev–Trinajstić information content (AvgIpc) is 2.74. The van der Waals surface area contributed by atoms with Crippen molar-refractivity contribution < 1.29 is 14.4 Å². The van der Waals surface area contributed by atoms with Crippen LogP contribution < -0.4 is 15.2 Å². The Balaban J connectivity index is 1.27. The van der Waals surface area contributed by atoms with Crippen LogP contribution in [-0.2, 0) is 0 Å². The summed E-state index contributed by atoms with van der Waals surface area (Å²) in [4.78, 5) is 26.7. The van der Waals surface area contributed by atoms with Crippen molar-refractivity contribution in [2.45, 2.75) is 0 Å². The highest BCUT2D eigenvalue weighted by Crippen LogP contribution is 2.24. The molecular formula is C21H23N4O3+. The van der Waals surface area contributed by atoms with E-state index in [1.54, 1.807) is 4.90 Å². The molecule has 0 radical (unpaired) electrons. The van der Waals surface area contributed by atoms with Crippen LogP contribution in [0.15, 0.2) is 59.4 Å². The minimum atomic E-state index is -0.308. The summed E-state index contributed by atoms with van der Waals surface area (Å²) in [7, 11) is 0. The second kappa shape index (κ2) is 8.22. The molecule has 1 saturated heterocycles. The van der Waals surface area contributed by atoms with Crippen molar-refractivity contribution in [3.8, 4) is 5.75 Å². The fourth-order valence-corrected chi connectivity index (χ4v) is 3.53. The second-order valence-corrected chi connectivity index (χ2v) is 6.92. The predicted octanol–water partition coefficient (Wildman–Crippen LogP) is 0.343. The van der Waals surface area contributed by atoms with Crippen molar-refractivity contribution in [3.05, 3.63) is 70.6 Å². The van der Waals surface area contributed by atoms with E-state index >= 15 is 0 Å². The third-order valence-corrected chi connectivity index (χ3v) is 5.12. The molecule has 28 heavy (non-hydrogen) atoms. The van der Waals surface area contributed by atoms with Crippen molar-refractivity contribution in [1.29, 1.82) is 0 Å². The van der Waals surface area contributed by atoms with E-state index in [-0.39, 0.29) is 17.2 Å². The predicted molar refractivity (Wildman–Crippen MR) is 106 cm³/mol. The number of quaternary nitrogens is 1. The van der Waals surface area contributed by atoms with Gasteiger partial charge in [0.25, 0.3) is 11.5 Å². The molecule has 1 aliphatic rings. The maximum atomic E-state index is 12.4.